The Kier molecular flexibility index (Phi) is 7.13. The number of fused-ring (bicyclic) bond motifs is 8. The molecular formula is C49H31N2O3P. The van der Waals surface area contributed by atoms with Gasteiger partial charge in [0.05, 0.1) is 16.7 Å². The molecule has 3 aromatic heterocycles. The maximum absolute atomic E-state index is 16.3. The molecule has 2 atom stereocenters. The topological polar surface area (TPSA) is 65.2 Å². The third kappa shape index (κ3) is 4.97. The molecule has 10 aromatic rings. The van der Waals surface area contributed by atoms with E-state index in [0.29, 0.717) is 5.58 Å². The van der Waals surface area contributed by atoms with Gasteiger partial charge in [-0.3, -0.25) is 4.98 Å². The lowest BCUT2D eigenvalue weighted by Gasteiger charge is -2.32. The molecule has 4 heterocycles. The number of nitrogens with zero attached hydrogens (tertiary/aromatic N) is 2. The van der Waals surface area contributed by atoms with Gasteiger partial charge in [-0.1, -0.05) is 127 Å². The third-order valence-corrected chi connectivity index (χ3v) is 14.1. The smallest absolute Gasteiger partial charge is 0.171 e. The lowest BCUT2D eigenvalue weighted by atomic mass is 9.82. The summed E-state index contributed by atoms with van der Waals surface area (Å²) in [7, 11) is -3.47. The van der Waals surface area contributed by atoms with Crippen LogP contribution in [0.4, 0.5) is 0 Å². The zero-order valence-electron chi connectivity index (χ0n) is 29.5. The molecule has 0 fully saturated rings. The zero-order chi connectivity index (χ0) is 36.5. The minimum Gasteiger partial charge on any atom is -0.457 e. The molecule has 1 aliphatic rings. The van der Waals surface area contributed by atoms with E-state index in [1.807, 2.05) is 109 Å². The minimum atomic E-state index is -3.47. The number of furan rings is 1. The summed E-state index contributed by atoms with van der Waals surface area (Å²) in [6.07, 6.45) is 1.81. The predicted molar refractivity (Wildman–Crippen MR) is 223 cm³/mol. The van der Waals surface area contributed by atoms with Gasteiger partial charge in [-0.25, -0.2) is 4.98 Å². The number of benzene rings is 7. The molecule has 1 aliphatic heterocycles. The van der Waals surface area contributed by atoms with E-state index < -0.39 is 7.14 Å². The van der Waals surface area contributed by atoms with E-state index in [1.54, 1.807) is 0 Å². The van der Waals surface area contributed by atoms with Crippen molar-refractivity contribution in [3.05, 3.63) is 199 Å². The molecule has 0 spiro atoms. The van der Waals surface area contributed by atoms with Crippen LogP contribution in [0.2, 0.25) is 0 Å². The molecule has 0 saturated heterocycles. The fourth-order valence-corrected chi connectivity index (χ4v) is 11.2. The SMILES string of the molecule is O=P(c1ccccc1)(c1ccc2c(c1)oc1ccccc12)c1ccccc1C1c2ccccc2Oc2cc(-c3ccc4ccc5cccnc5c4n3)ccc21. The van der Waals surface area contributed by atoms with E-state index in [1.165, 1.54) is 0 Å². The Labute approximate surface area is 316 Å². The highest BCUT2D eigenvalue weighted by molar-refractivity contribution is 7.85. The van der Waals surface area contributed by atoms with Crippen LogP contribution < -0.4 is 20.7 Å². The maximum atomic E-state index is 16.3. The van der Waals surface area contributed by atoms with Gasteiger partial charge in [-0.15, -0.1) is 0 Å². The Morgan fingerprint density at radius 3 is 2.15 bits per heavy atom. The summed E-state index contributed by atoms with van der Waals surface area (Å²) in [6.45, 7) is 0. The molecule has 0 saturated carbocycles. The summed E-state index contributed by atoms with van der Waals surface area (Å²) >= 11 is 0. The molecule has 5 nitrogen and oxygen atoms in total. The first kappa shape index (κ1) is 31.7. The predicted octanol–water partition coefficient (Wildman–Crippen LogP) is 11.3. The summed E-state index contributed by atoms with van der Waals surface area (Å²) in [5.74, 6) is 1.26. The van der Waals surface area contributed by atoms with Crippen LogP contribution in [-0.2, 0) is 4.57 Å². The molecule has 0 radical (unpaired) electrons. The molecule has 0 N–H and O–H groups in total. The highest BCUT2D eigenvalue weighted by atomic mass is 31.2. The normalized spacial score (nSPS) is 14.7. The fourth-order valence-electron chi connectivity index (χ4n) is 8.33. The van der Waals surface area contributed by atoms with E-state index in [2.05, 4.69) is 77.8 Å². The molecule has 260 valence electrons. The molecule has 0 bridgehead atoms. The van der Waals surface area contributed by atoms with Crippen LogP contribution in [0.1, 0.15) is 22.6 Å². The minimum absolute atomic E-state index is 0.255. The van der Waals surface area contributed by atoms with E-state index in [4.69, 9.17) is 14.1 Å². The van der Waals surface area contributed by atoms with Gasteiger partial charge >= 0.3 is 0 Å². The van der Waals surface area contributed by atoms with Crippen molar-refractivity contribution in [1.82, 2.24) is 9.97 Å². The van der Waals surface area contributed by atoms with Gasteiger partial charge in [-0.2, -0.15) is 0 Å². The molecule has 11 rings (SSSR count). The van der Waals surface area contributed by atoms with Crippen molar-refractivity contribution in [2.45, 2.75) is 5.92 Å². The molecule has 7 aromatic carbocycles. The Hall–Kier alpha value is -6.81. The lowest BCUT2D eigenvalue weighted by molar-refractivity contribution is 0.453. The summed E-state index contributed by atoms with van der Waals surface area (Å²) in [4.78, 5) is 9.79. The number of hydrogen-bond donors (Lipinski definition) is 0. The maximum Gasteiger partial charge on any atom is 0.171 e. The summed E-state index contributed by atoms with van der Waals surface area (Å²) in [6, 6.07) is 59.0. The number of hydrogen-bond acceptors (Lipinski definition) is 5. The van der Waals surface area contributed by atoms with Crippen molar-refractivity contribution in [2.75, 3.05) is 0 Å². The Balaban J connectivity index is 1.10. The molecular weight excluding hydrogens is 696 g/mol. The first-order valence-corrected chi connectivity index (χ1v) is 20.1. The van der Waals surface area contributed by atoms with Gasteiger partial charge in [0.2, 0.25) is 0 Å². The monoisotopic (exact) mass is 726 g/mol. The molecule has 55 heavy (non-hydrogen) atoms. The van der Waals surface area contributed by atoms with Gasteiger partial charge in [0.25, 0.3) is 0 Å². The average molecular weight is 727 g/mol. The Morgan fingerprint density at radius 1 is 0.509 bits per heavy atom. The first-order chi connectivity index (χ1) is 27.1. The van der Waals surface area contributed by atoms with Gasteiger partial charge in [0.15, 0.2) is 7.14 Å². The van der Waals surface area contributed by atoms with E-state index in [9.17, 15) is 0 Å². The summed E-state index contributed by atoms with van der Waals surface area (Å²) < 4.78 is 29.4. The first-order valence-electron chi connectivity index (χ1n) is 18.4. The average Bonchev–Trinajstić information content (AvgIpc) is 3.63. The molecule has 6 heteroatoms. The number of para-hydroxylation sites is 2. The van der Waals surface area contributed by atoms with Gasteiger partial charge in [-0.05, 0) is 54.1 Å². The van der Waals surface area contributed by atoms with Crippen molar-refractivity contribution < 1.29 is 13.7 Å². The number of ether oxygens (including phenoxy) is 1. The van der Waals surface area contributed by atoms with Crippen LogP contribution in [0.25, 0.3) is 55.0 Å². The van der Waals surface area contributed by atoms with E-state index >= 15 is 4.57 Å². The van der Waals surface area contributed by atoms with Crippen molar-refractivity contribution in [3.63, 3.8) is 0 Å². The molecule has 2 unspecified atom stereocenters. The second-order valence-corrected chi connectivity index (χ2v) is 16.7. The van der Waals surface area contributed by atoms with Crippen LogP contribution in [0.5, 0.6) is 11.5 Å². The number of rotatable bonds is 5. The van der Waals surface area contributed by atoms with Gasteiger partial charge < -0.3 is 13.7 Å². The molecule has 0 aliphatic carbocycles. The standard InChI is InChI=1S/C49H31N2O3P/c52-55(34-12-2-1-3-13-34,35-24-26-37-36-14-4-7-17-42(36)53-45(37)30-35)46-19-9-6-16-40(46)47-38-15-5-8-18-43(38)54-44-29-33(22-25-39(44)47)41-27-23-32-21-20-31-11-10-28-50-48(31)49(32)51-41/h1-30,47H. The number of aromatic nitrogens is 2. The second kappa shape index (κ2) is 12.4. The largest absolute Gasteiger partial charge is 0.457 e. The lowest BCUT2D eigenvalue weighted by Crippen LogP contribution is -2.29. The van der Waals surface area contributed by atoms with Crippen molar-refractivity contribution in [2.24, 2.45) is 0 Å². The van der Waals surface area contributed by atoms with Gasteiger partial charge in [0, 0.05) is 66.3 Å². The van der Waals surface area contributed by atoms with Crippen LogP contribution >= 0.6 is 7.14 Å². The second-order valence-electron chi connectivity index (χ2n) is 14.0. The van der Waals surface area contributed by atoms with Crippen LogP contribution in [0.15, 0.2) is 187 Å². The zero-order valence-corrected chi connectivity index (χ0v) is 30.4. The van der Waals surface area contributed by atoms with Crippen molar-refractivity contribution in [1.29, 1.82) is 0 Å². The molecule has 0 amide bonds. The summed E-state index contributed by atoms with van der Waals surface area (Å²) in [5, 5.41) is 6.40. The fraction of sp³-hybridized carbons (Fsp3) is 0.0204. The van der Waals surface area contributed by atoms with E-state index in [-0.39, 0.29) is 5.92 Å². The van der Waals surface area contributed by atoms with Crippen molar-refractivity contribution in [3.8, 4) is 22.8 Å². The quantitative estimate of drug-likeness (QED) is 0.130. The summed E-state index contributed by atoms with van der Waals surface area (Å²) in [5.41, 5.74) is 8.02. The van der Waals surface area contributed by atoms with E-state index in [0.717, 1.165) is 93.5 Å². The van der Waals surface area contributed by atoms with Gasteiger partial charge in [0.1, 0.15) is 22.7 Å². The number of pyridine rings is 2. The third-order valence-electron chi connectivity index (χ3n) is 10.9. The Bertz CT molecular complexity index is 3190. The highest BCUT2D eigenvalue weighted by Crippen LogP contribution is 2.52. The highest BCUT2D eigenvalue weighted by Gasteiger charge is 2.37. The van der Waals surface area contributed by atoms with Crippen LogP contribution in [-0.4, -0.2) is 9.97 Å². The Morgan fingerprint density at radius 2 is 1.24 bits per heavy atom. The van der Waals surface area contributed by atoms with Crippen molar-refractivity contribution >= 4 is 66.8 Å². The van der Waals surface area contributed by atoms with Crippen LogP contribution in [0, 0.1) is 0 Å². The van der Waals surface area contributed by atoms with Crippen LogP contribution in [0.3, 0.4) is 0 Å².